The fourth-order valence-corrected chi connectivity index (χ4v) is 3.87. The zero-order valence-electron chi connectivity index (χ0n) is 18.3. The molecule has 7 nitrogen and oxygen atoms in total. The van der Waals surface area contributed by atoms with Crippen LogP contribution in [0.4, 0.5) is 0 Å². The lowest BCUT2D eigenvalue weighted by molar-refractivity contribution is 0.0938. The van der Waals surface area contributed by atoms with Gasteiger partial charge in [-0.1, -0.05) is 0 Å². The average Bonchev–Trinajstić information content (AvgIpc) is 3.20. The molecule has 0 aliphatic heterocycles. The molecule has 8 heteroatoms. The second kappa shape index (κ2) is 9.23. The van der Waals surface area contributed by atoms with Crippen molar-refractivity contribution in [1.29, 1.82) is 0 Å². The molecule has 0 saturated carbocycles. The number of thiazole rings is 1. The first-order valence-corrected chi connectivity index (χ1v) is 11.0. The minimum atomic E-state index is -0.298. The average molecular weight is 446 g/mol. The molecule has 0 bridgehead atoms. The number of rotatable bonds is 6. The number of nitrogens with zero attached hydrogens (tertiary/aromatic N) is 4. The van der Waals surface area contributed by atoms with E-state index < -0.39 is 0 Å². The van der Waals surface area contributed by atoms with Crippen LogP contribution in [0.1, 0.15) is 45.3 Å². The fraction of sp³-hybridized carbons (Fsp3) is 0.208. The van der Waals surface area contributed by atoms with E-state index >= 15 is 0 Å². The summed E-state index contributed by atoms with van der Waals surface area (Å²) in [7, 11) is 0. The van der Waals surface area contributed by atoms with Crippen LogP contribution in [0, 0.1) is 20.8 Å². The maximum absolute atomic E-state index is 13.1. The Morgan fingerprint density at radius 2 is 1.81 bits per heavy atom. The van der Waals surface area contributed by atoms with Crippen LogP contribution in [0.2, 0.25) is 0 Å². The van der Waals surface area contributed by atoms with Crippen molar-refractivity contribution >= 4 is 17.2 Å². The lowest BCUT2D eigenvalue weighted by Gasteiger charge is -2.15. The molecule has 1 amide bonds. The number of hydrogen-bond acceptors (Lipinski definition) is 7. The van der Waals surface area contributed by atoms with E-state index in [0.29, 0.717) is 22.8 Å². The summed E-state index contributed by atoms with van der Waals surface area (Å²) in [4.78, 5) is 22.9. The molecule has 3 heterocycles. The first kappa shape index (κ1) is 21.6. The van der Waals surface area contributed by atoms with Gasteiger partial charge in [-0.25, -0.2) is 4.98 Å². The van der Waals surface area contributed by atoms with E-state index in [-0.39, 0.29) is 11.9 Å². The van der Waals surface area contributed by atoms with Crippen LogP contribution >= 0.6 is 11.3 Å². The lowest BCUT2D eigenvalue weighted by atomic mass is 10.1. The van der Waals surface area contributed by atoms with Gasteiger partial charge >= 0.3 is 0 Å². The quantitative estimate of drug-likeness (QED) is 0.438. The number of carbonyl (C=O) groups is 1. The van der Waals surface area contributed by atoms with Crippen LogP contribution < -0.4 is 10.1 Å². The number of aromatic nitrogens is 4. The molecule has 0 radical (unpaired) electrons. The zero-order valence-corrected chi connectivity index (χ0v) is 19.1. The molecule has 1 aromatic carbocycles. The number of ether oxygens (including phenoxy) is 1. The van der Waals surface area contributed by atoms with Crippen LogP contribution in [0.15, 0.2) is 54.9 Å². The van der Waals surface area contributed by atoms with E-state index in [1.165, 1.54) is 0 Å². The Labute approximate surface area is 190 Å². The molecule has 32 heavy (non-hydrogen) atoms. The molecule has 4 rings (SSSR count). The van der Waals surface area contributed by atoms with Crippen LogP contribution in [0.3, 0.4) is 0 Å². The predicted octanol–water partition coefficient (Wildman–Crippen LogP) is 5.20. The maximum atomic E-state index is 13.1. The molecule has 0 unspecified atom stereocenters. The Morgan fingerprint density at radius 3 is 2.50 bits per heavy atom. The third-order valence-electron chi connectivity index (χ3n) is 4.75. The van der Waals surface area contributed by atoms with Crippen molar-refractivity contribution < 1.29 is 9.53 Å². The minimum absolute atomic E-state index is 0.231. The van der Waals surface area contributed by atoms with Crippen molar-refractivity contribution in [2.24, 2.45) is 0 Å². The second-order valence-electron chi connectivity index (χ2n) is 7.55. The molecule has 4 aromatic rings. The maximum Gasteiger partial charge on any atom is 0.251 e. The van der Waals surface area contributed by atoms with Crippen LogP contribution in [0.25, 0.3) is 10.6 Å². The first-order chi connectivity index (χ1) is 15.4. The topological polar surface area (TPSA) is 89.9 Å². The number of hydrogen-bond donors (Lipinski definition) is 1. The highest BCUT2D eigenvalue weighted by Gasteiger charge is 2.16. The van der Waals surface area contributed by atoms with Crippen molar-refractivity contribution in [3.8, 4) is 22.1 Å². The Balaban J connectivity index is 1.65. The molecule has 1 atom stereocenters. The van der Waals surface area contributed by atoms with Gasteiger partial charge in [-0.3, -0.25) is 9.78 Å². The lowest BCUT2D eigenvalue weighted by Crippen LogP contribution is -2.27. The smallest absolute Gasteiger partial charge is 0.251 e. The van der Waals surface area contributed by atoms with Gasteiger partial charge in [-0.2, -0.15) is 10.2 Å². The summed E-state index contributed by atoms with van der Waals surface area (Å²) >= 11 is 1.56. The van der Waals surface area contributed by atoms with Crippen molar-refractivity contribution in [2.45, 2.75) is 33.7 Å². The summed E-state index contributed by atoms with van der Waals surface area (Å²) in [6.45, 7) is 7.65. The van der Waals surface area contributed by atoms with E-state index in [1.807, 2.05) is 64.2 Å². The van der Waals surface area contributed by atoms with Gasteiger partial charge in [0.25, 0.3) is 5.91 Å². The summed E-state index contributed by atoms with van der Waals surface area (Å²) in [6, 6.07) is 12.5. The van der Waals surface area contributed by atoms with Gasteiger partial charge in [0.15, 0.2) is 0 Å². The second-order valence-corrected chi connectivity index (χ2v) is 8.79. The minimum Gasteiger partial charge on any atom is -0.457 e. The Bertz CT molecular complexity index is 1250. The van der Waals surface area contributed by atoms with E-state index in [9.17, 15) is 4.79 Å². The molecular formula is C24H23N5O2S. The number of amides is 1. The van der Waals surface area contributed by atoms with Gasteiger partial charge in [0.2, 0.25) is 0 Å². The highest BCUT2D eigenvalue weighted by Crippen LogP contribution is 2.32. The third-order valence-corrected chi connectivity index (χ3v) is 5.71. The van der Waals surface area contributed by atoms with Gasteiger partial charge in [0.1, 0.15) is 16.5 Å². The van der Waals surface area contributed by atoms with E-state index in [4.69, 9.17) is 4.74 Å². The zero-order chi connectivity index (χ0) is 22.7. The standard InChI is InChI=1S/C24H23N5O2S/c1-14-5-6-22(29-28-14)17(4)27-23(30)18-10-19(24-26-13-16(3)32-24)12-21(11-18)31-20-7-8-25-15(2)9-20/h5-13,17H,1-4H3,(H,27,30)/t17-/m1/s1. The molecular weight excluding hydrogens is 422 g/mol. The van der Waals surface area contributed by atoms with Gasteiger partial charge in [-0.15, -0.1) is 11.3 Å². The number of nitrogens with one attached hydrogen (secondary N) is 1. The molecule has 0 fully saturated rings. The molecule has 3 aromatic heterocycles. The SMILES string of the molecule is Cc1cc(Oc2cc(C(=O)N[C@H](C)c3ccc(C)nn3)cc(-c3ncc(C)s3)c2)ccn1. The van der Waals surface area contributed by atoms with Crippen molar-refractivity contribution in [2.75, 3.05) is 0 Å². The van der Waals surface area contributed by atoms with Gasteiger partial charge in [0, 0.05) is 40.2 Å². The van der Waals surface area contributed by atoms with Crippen molar-refractivity contribution in [1.82, 2.24) is 25.5 Å². The van der Waals surface area contributed by atoms with E-state index in [1.54, 1.807) is 29.7 Å². The van der Waals surface area contributed by atoms with Crippen molar-refractivity contribution in [3.05, 3.63) is 82.4 Å². The summed E-state index contributed by atoms with van der Waals surface area (Å²) in [5.41, 5.74) is 3.66. The first-order valence-electron chi connectivity index (χ1n) is 10.2. The molecule has 0 aliphatic carbocycles. The Morgan fingerprint density at radius 1 is 0.969 bits per heavy atom. The Kier molecular flexibility index (Phi) is 6.23. The van der Waals surface area contributed by atoms with Crippen molar-refractivity contribution in [3.63, 3.8) is 0 Å². The number of carbonyl (C=O) groups excluding carboxylic acids is 1. The molecule has 1 N–H and O–H groups in total. The molecule has 0 spiro atoms. The summed E-state index contributed by atoms with van der Waals surface area (Å²) < 4.78 is 6.06. The number of benzene rings is 1. The van der Waals surface area contributed by atoms with Gasteiger partial charge < -0.3 is 10.1 Å². The summed E-state index contributed by atoms with van der Waals surface area (Å²) in [5, 5.41) is 12.1. The number of pyridine rings is 1. The molecule has 162 valence electrons. The van der Waals surface area contributed by atoms with Crippen LogP contribution in [-0.2, 0) is 0 Å². The molecule has 0 saturated heterocycles. The third kappa shape index (κ3) is 5.15. The monoisotopic (exact) mass is 445 g/mol. The van der Waals surface area contributed by atoms with Gasteiger partial charge in [0.05, 0.1) is 17.4 Å². The molecule has 0 aliphatic rings. The van der Waals surface area contributed by atoms with E-state index in [2.05, 4.69) is 25.5 Å². The number of aryl methyl sites for hydroxylation is 3. The highest BCUT2D eigenvalue weighted by molar-refractivity contribution is 7.14. The van der Waals surface area contributed by atoms with E-state index in [0.717, 1.165) is 26.8 Å². The summed E-state index contributed by atoms with van der Waals surface area (Å²) in [5.74, 6) is 0.972. The van der Waals surface area contributed by atoms with Crippen LogP contribution in [0.5, 0.6) is 11.5 Å². The largest absolute Gasteiger partial charge is 0.457 e. The highest BCUT2D eigenvalue weighted by atomic mass is 32.1. The van der Waals surface area contributed by atoms with Gasteiger partial charge in [-0.05, 0) is 64.1 Å². The normalized spacial score (nSPS) is 11.8. The fourth-order valence-electron chi connectivity index (χ4n) is 3.11. The summed E-state index contributed by atoms with van der Waals surface area (Å²) in [6.07, 6.45) is 3.51. The Hall–Kier alpha value is -3.65. The van der Waals surface area contributed by atoms with Crippen LogP contribution in [-0.4, -0.2) is 26.1 Å². The predicted molar refractivity (Wildman–Crippen MR) is 124 cm³/mol.